The summed E-state index contributed by atoms with van der Waals surface area (Å²) in [5.74, 6) is 2.13. The summed E-state index contributed by atoms with van der Waals surface area (Å²) in [5.41, 5.74) is 7.21. The molecule has 0 amide bonds. The zero-order valence-electron chi connectivity index (χ0n) is 14.9. The smallest absolute Gasteiger partial charge is 0.231 e. The van der Waals surface area contributed by atoms with E-state index in [4.69, 9.17) is 19.9 Å². The van der Waals surface area contributed by atoms with Crippen LogP contribution in [0, 0.1) is 0 Å². The molecule has 1 aromatic rings. The Balaban J connectivity index is 0.00000225. The lowest BCUT2D eigenvalue weighted by atomic mass is 9.74. The molecule has 1 atom stereocenters. The Bertz CT molecular complexity index is 603. The first-order valence-corrected chi connectivity index (χ1v) is 8.67. The topological polar surface area (TPSA) is 78.1 Å². The van der Waals surface area contributed by atoms with E-state index in [2.05, 4.69) is 36.3 Å². The Labute approximate surface area is 166 Å². The lowest BCUT2D eigenvalue weighted by Crippen LogP contribution is -2.41. The number of fused-ring (bicyclic) bond motifs is 1. The van der Waals surface area contributed by atoms with Gasteiger partial charge < -0.3 is 25.3 Å². The molecule has 0 saturated carbocycles. The van der Waals surface area contributed by atoms with Gasteiger partial charge in [-0.15, -0.1) is 24.0 Å². The van der Waals surface area contributed by atoms with Crippen LogP contribution in [0.2, 0.25) is 0 Å². The van der Waals surface area contributed by atoms with Crippen molar-refractivity contribution in [3.05, 3.63) is 23.8 Å². The van der Waals surface area contributed by atoms with Crippen LogP contribution in [0.1, 0.15) is 38.7 Å². The highest BCUT2D eigenvalue weighted by atomic mass is 127. The van der Waals surface area contributed by atoms with E-state index in [0.717, 1.165) is 44.0 Å². The summed E-state index contributed by atoms with van der Waals surface area (Å²) < 4.78 is 16.5. The molecule has 1 fully saturated rings. The highest BCUT2D eigenvalue weighted by molar-refractivity contribution is 14.0. The molecule has 7 heteroatoms. The van der Waals surface area contributed by atoms with Crippen LogP contribution in [0.25, 0.3) is 0 Å². The number of benzene rings is 1. The predicted molar refractivity (Wildman–Crippen MR) is 109 cm³/mol. The van der Waals surface area contributed by atoms with Gasteiger partial charge in [0, 0.05) is 24.7 Å². The normalized spacial score (nSPS) is 19.8. The standard InChI is InChI=1S/C18H27N3O3.HI/c1-3-13(2)21-17(19)20-11-18(6-8-22-9-7-18)14-4-5-15-16(10-14)24-12-23-15;/h4-5,10,13H,3,6-9,11-12H2,1-2H3,(H3,19,20,21);1H. The molecule has 1 saturated heterocycles. The van der Waals surface area contributed by atoms with Gasteiger partial charge >= 0.3 is 0 Å². The highest BCUT2D eigenvalue weighted by Crippen LogP contribution is 2.41. The van der Waals surface area contributed by atoms with Crippen molar-refractivity contribution < 1.29 is 14.2 Å². The Morgan fingerprint density at radius 3 is 2.72 bits per heavy atom. The minimum Gasteiger partial charge on any atom is -0.454 e. The molecule has 0 aliphatic carbocycles. The van der Waals surface area contributed by atoms with Crippen LogP contribution in [-0.2, 0) is 10.2 Å². The number of nitrogens with one attached hydrogen (secondary N) is 1. The van der Waals surface area contributed by atoms with Crippen molar-refractivity contribution >= 4 is 29.9 Å². The van der Waals surface area contributed by atoms with Crippen LogP contribution >= 0.6 is 24.0 Å². The van der Waals surface area contributed by atoms with Crippen molar-refractivity contribution in [2.45, 2.75) is 44.6 Å². The Morgan fingerprint density at radius 2 is 2.00 bits per heavy atom. The summed E-state index contributed by atoms with van der Waals surface area (Å²) >= 11 is 0. The lowest BCUT2D eigenvalue weighted by molar-refractivity contribution is 0.0530. The molecule has 0 bridgehead atoms. The molecular weight excluding hydrogens is 433 g/mol. The zero-order chi connectivity index (χ0) is 17.0. The van der Waals surface area contributed by atoms with E-state index in [0.29, 0.717) is 25.3 Å². The van der Waals surface area contributed by atoms with Crippen molar-refractivity contribution in [3.63, 3.8) is 0 Å². The molecule has 2 heterocycles. The van der Waals surface area contributed by atoms with Gasteiger partial charge in [0.15, 0.2) is 17.5 Å². The highest BCUT2D eigenvalue weighted by Gasteiger charge is 2.35. The summed E-state index contributed by atoms with van der Waals surface area (Å²) in [6.07, 6.45) is 2.86. The van der Waals surface area contributed by atoms with Crippen LogP contribution < -0.4 is 20.5 Å². The molecule has 2 aliphatic heterocycles. The number of hydrogen-bond donors (Lipinski definition) is 2. The monoisotopic (exact) mass is 461 g/mol. The average molecular weight is 461 g/mol. The van der Waals surface area contributed by atoms with Crippen molar-refractivity contribution in [2.24, 2.45) is 10.7 Å². The van der Waals surface area contributed by atoms with Crippen molar-refractivity contribution in [2.75, 3.05) is 26.6 Å². The number of ether oxygens (including phenoxy) is 3. The Hall–Kier alpha value is -1.22. The third kappa shape index (κ3) is 4.69. The van der Waals surface area contributed by atoms with Gasteiger partial charge in [0.1, 0.15) is 0 Å². The third-order valence-corrected chi connectivity index (χ3v) is 4.99. The lowest BCUT2D eigenvalue weighted by Gasteiger charge is -2.36. The number of rotatable bonds is 5. The number of nitrogens with two attached hydrogens (primary N) is 1. The van der Waals surface area contributed by atoms with Gasteiger partial charge in [-0.05, 0) is 43.9 Å². The zero-order valence-corrected chi connectivity index (χ0v) is 17.2. The van der Waals surface area contributed by atoms with E-state index < -0.39 is 0 Å². The maximum atomic E-state index is 6.06. The predicted octanol–water partition coefficient (Wildman–Crippen LogP) is 2.78. The number of aliphatic imine (C=N–C) groups is 1. The van der Waals surface area contributed by atoms with Crippen molar-refractivity contribution in [1.82, 2.24) is 5.32 Å². The fraction of sp³-hybridized carbons (Fsp3) is 0.611. The maximum absolute atomic E-state index is 6.06. The van der Waals surface area contributed by atoms with Gasteiger partial charge in [0.25, 0.3) is 0 Å². The molecule has 0 aromatic heterocycles. The first kappa shape index (κ1) is 20.1. The molecule has 1 aromatic carbocycles. The van der Waals surface area contributed by atoms with Gasteiger partial charge in [0.05, 0.1) is 6.54 Å². The SMILES string of the molecule is CCC(C)NC(N)=NCC1(c2ccc3c(c2)OCO3)CCOCC1.I. The molecular formula is C18H28IN3O3. The molecule has 6 nitrogen and oxygen atoms in total. The fourth-order valence-corrected chi connectivity index (χ4v) is 3.16. The van der Waals surface area contributed by atoms with Gasteiger partial charge in [-0.2, -0.15) is 0 Å². The van der Waals surface area contributed by atoms with Crippen LogP contribution in [0.3, 0.4) is 0 Å². The van der Waals surface area contributed by atoms with Crippen molar-refractivity contribution in [3.8, 4) is 11.5 Å². The minimum atomic E-state index is -0.0685. The molecule has 0 radical (unpaired) electrons. The quantitative estimate of drug-likeness (QED) is 0.401. The number of halogens is 1. The van der Waals surface area contributed by atoms with Crippen LogP contribution in [0.5, 0.6) is 11.5 Å². The first-order valence-electron chi connectivity index (χ1n) is 8.67. The van der Waals surface area contributed by atoms with E-state index >= 15 is 0 Å². The second kappa shape index (κ2) is 8.93. The fourth-order valence-electron chi connectivity index (χ4n) is 3.16. The van der Waals surface area contributed by atoms with E-state index in [-0.39, 0.29) is 29.4 Å². The molecule has 3 rings (SSSR count). The third-order valence-electron chi connectivity index (χ3n) is 4.99. The molecule has 3 N–H and O–H groups in total. The van der Waals surface area contributed by atoms with Gasteiger partial charge in [0.2, 0.25) is 6.79 Å². The molecule has 25 heavy (non-hydrogen) atoms. The van der Waals surface area contributed by atoms with E-state index in [9.17, 15) is 0 Å². The molecule has 0 spiro atoms. The van der Waals surface area contributed by atoms with E-state index in [1.807, 2.05) is 6.07 Å². The summed E-state index contributed by atoms with van der Waals surface area (Å²) in [4.78, 5) is 4.63. The summed E-state index contributed by atoms with van der Waals surface area (Å²) in [6.45, 7) is 6.64. The second-order valence-electron chi connectivity index (χ2n) is 6.62. The van der Waals surface area contributed by atoms with E-state index in [1.165, 1.54) is 5.56 Å². The molecule has 140 valence electrons. The van der Waals surface area contributed by atoms with Gasteiger partial charge in [-0.25, -0.2) is 0 Å². The van der Waals surface area contributed by atoms with Crippen LogP contribution in [0.4, 0.5) is 0 Å². The van der Waals surface area contributed by atoms with E-state index in [1.54, 1.807) is 0 Å². The minimum absolute atomic E-state index is 0. The van der Waals surface area contributed by atoms with Gasteiger partial charge in [-0.3, -0.25) is 4.99 Å². The number of hydrogen-bond acceptors (Lipinski definition) is 4. The summed E-state index contributed by atoms with van der Waals surface area (Å²) in [7, 11) is 0. The van der Waals surface area contributed by atoms with Gasteiger partial charge in [-0.1, -0.05) is 13.0 Å². The summed E-state index contributed by atoms with van der Waals surface area (Å²) in [6, 6.07) is 6.51. The number of guanidine groups is 1. The second-order valence-corrected chi connectivity index (χ2v) is 6.62. The summed E-state index contributed by atoms with van der Waals surface area (Å²) in [5, 5.41) is 3.23. The largest absolute Gasteiger partial charge is 0.454 e. The molecule has 1 unspecified atom stereocenters. The average Bonchev–Trinajstić information content (AvgIpc) is 3.08. The first-order chi connectivity index (χ1) is 11.6. The van der Waals surface area contributed by atoms with Crippen LogP contribution in [0.15, 0.2) is 23.2 Å². The molecule has 2 aliphatic rings. The maximum Gasteiger partial charge on any atom is 0.231 e. The van der Waals surface area contributed by atoms with Crippen LogP contribution in [-0.4, -0.2) is 38.6 Å². The Kier molecular flexibility index (Phi) is 7.18. The van der Waals surface area contributed by atoms with Crippen molar-refractivity contribution in [1.29, 1.82) is 0 Å². The Morgan fingerprint density at radius 1 is 1.28 bits per heavy atom. The number of nitrogens with zero attached hydrogens (tertiary/aromatic N) is 1.